The second-order valence-electron chi connectivity index (χ2n) is 14.2. The standard InChI is InChI=1S/C54H38N2/c1-4-14-39(15-5-1)41-24-31-46(32-25-41)55(47-33-26-42(27-34-47)40-16-6-2-7-17-40)48-35-28-43(29-36-48)49-20-10-11-21-50(49)44-30-37-52-51-22-12-13-23-53(51)56(54(52)38-44)45-18-8-3-9-19-45/h1-38H. The molecule has 10 aromatic rings. The molecule has 2 heteroatoms. The molecule has 0 amide bonds. The maximum absolute atomic E-state index is 2.39. The van der Waals surface area contributed by atoms with Gasteiger partial charge in [-0.25, -0.2) is 0 Å². The van der Waals surface area contributed by atoms with Gasteiger partial charge in [-0.1, -0.05) is 170 Å². The smallest absolute Gasteiger partial charge is 0.0547 e. The van der Waals surface area contributed by atoms with Crippen molar-refractivity contribution in [2.45, 2.75) is 0 Å². The van der Waals surface area contributed by atoms with Gasteiger partial charge in [0.15, 0.2) is 0 Å². The molecule has 1 heterocycles. The van der Waals surface area contributed by atoms with Crippen LogP contribution in [0.3, 0.4) is 0 Å². The Bertz CT molecular complexity index is 2830. The van der Waals surface area contributed by atoms with E-state index in [0.29, 0.717) is 0 Å². The fraction of sp³-hybridized carbons (Fsp3) is 0. The summed E-state index contributed by atoms with van der Waals surface area (Å²) in [5.74, 6) is 0. The molecule has 0 aliphatic rings. The summed E-state index contributed by atoms with van der Waals surface area (Å²) in [4.78, 5) is 2.34. The zero-order valence-corrected chi connectivity index (χ0v) is 30.8. The number of benzene rings is 9. The van der Waals surface area contributed by atoms with Gasteiger partial charge in [-0.15, -0.1) is 0 Å². The van der Waals surface area contributed by atoms with Gasteiger partial charge in [-0.2, -0.15) is 0 Å². The van der Waals surface area contributed by atoms with E-state index in [1.165, 1.54) is 66.3 Å². The van der Waals surface area contributed by atoms with Crippen molar-refractivity contribution in [1.29, 1.82) is 0 Å². The number of fused-ring (bicyclic) bond motifs is 3. The van der Waals surface area contributed by atoms with Gasteiger partial charge < -0.3 is 9.47 Å². The van der Waals surface area contributed by atoms with Crippen molar-refractivity contribution in [3.8, 4) is 50.2 Å². The second-order valence-corrected chi connectivity index (χ2v) is 14.2. The molecule has 0 bridgehead atoms. The molecule has 0 spiro atoms. The van der Waals surface area contributed by atoms with Crippen LogP contribution in [0, 0.1) is 0 Å². The average molecular weight is 715 g/mol. The third-order valence-corrected chi connectivity index (χ3v) is 10.8. The van der Waals surface area contributed by atoms with Gasteiger partial charge in [-0.3, -0.25) is 0 Å². The minimum atomic E-state index is 1.10. The zero-order chi connectivity index (χ0) is 37.3. The summed E-state index contributed by atoms with van der Waals surface area (Å²) < 4.78 is 2.39. The van der Waals surface area contributed by atoms with Crippen LogP contribution in [0.5, 0.6) is 0 Å². The molecule has 56 heavy (non-hydrogen) atoms. The largest absolute Gasteiger partial charge is 0.311 e. The SMILES string of the molecule is c1ccc(-c2ccc(N(c3ccc(-c4ccccc4)cc3)c3ccc(-c4ccccc4-c4ccc5c6ccccc6n(-c6ccccc6)c5c4)cc3)cc2)cc1. The van der Waals surface area contributed by atoms with E-state index in [-0.39, 0.29) is 0 Å². The van der Waals surface area contributed by atoms with Gasteiger partial charge in [0.2, 0.25) is 0 Å². The monoisotopic (exact) mass is 714 g/mol. The molecular weight excluding hydrogens is 677 g/mol. The fourth-order valence-electron chi connectivity index (χ4n) is 8.08. The summed E-state index contributed by atoms with van der Waals surface area (Å²) in [6.07, 6.45) is 0. The molecule has 9 aromatic carbocycles. The molecule has 0 saturated heterocycles. The van der Waals surface area contributed by atoms with Crippen molar-refractivity contribution in [3.63, 3.8) is 0 Å². The number of hydrogen-bond acceptors (Lipinski definition) is 1. The van der Waals surface area contributed by atoms with Crippen LogP contribution in [0.1, 0.15) is 0 Å². The highest BCUT2D eigenvalue weighted by Gasteiger charge is 2.17. The molecule has 0 N–H and O–H groups in total. The topological polar surface area (TPSA) is 8.17 Å². The molecule has 0 atom stereocenters. The normalized spacial score (nSPS) is 11.2. The Morgan fingerprint density at radius 2 is 0.661 bits per heavy atom. The first-order chi connectivity index (χ1) is 27.8. The Balaban J connectivity index is 1.04. The lowest BCUT2D eigenvalue weighted by Gasteiger charge is -2.26. The summed E-state index contributed by atoms with van der Waals surface area (Å²) in [7, 11) is 0. The molecule has 0 fully saturated rings. The van der Waals surface area contributed by atoms with Crippen LogP contribution in [-0.4, -0.2) is 4.57 Å². The van der Waals surface area contributed by atoms with Crippen LogP contribution in [-0.2, 0) is 0 Å². The van der Waals surface area contributed by atoms with Gasteiger partial charge in [0.1, 0.15) is 0 Å². The van der Waals surface area contributed by atoms with E-state index in [9.17, 15) is 0 Å². The molecule has 0 saturated carbocycles. The first kappa shape index (κ1) is 33.2. The predicted octanol–water partition coefficient (Wildman–Crippen LogP) is 14.9. The van der Waals surface area contributed by atoms with Crippen molar-refractivity contribution < 1.29 is 0 Å². The van der Waals surface area contributed by atoms with Gasteiger partial charge >= 0.3 is 0 Å². The van der Waals surface area contributed by atoms with Crippen LogP contribution >= 0.6 is 0 Å². The van der Waals surface area contributed by atoms with E-state index in [2.05, 4.69) is 240 Å². The minimum absolute atomic E-state index is 1.10. The van der Waals surface area contributed by atoms with E-state index >= 15 is 0 Å². The van der Waals surface area contributed by atoms with Gasteiger partial charge in [0, 0.05) is 33.5 Å². The van der Waals surface area contributed by atoms with Gasteiger partial charge in [0.25, 0.3) is 0 Å². The number of hydrogen-bond donors (Lipinski definition) is 0. The highest BCUT2D eigenvalue weighted by Crippen LogP contribution is 2.41. The van der Waals surface area contributed by atoms with Crippen molar-refractivity contribution >= 4 is 38.9 Å². The molecule has 0 radical (unpaired) electrons. The summed E-state index contributed by atoms with van der Waals surface area (Å²) >= 11 is 0. The van der Waals surface area contributed by atoms with Crippen LogP contribution in [0.2, 0.25) is 0 Å². The van der Waals surface area contributed by atoms with Crippen molar-refractivity contribution in [1.82, 2.24) is 4.57 Å². The summed E-state index contributed by atoms with van der Waals surface area (Å²) in [6.45, 7) is 0. The number of rotatable bonds is 8. The van der Waals surface area contributed by atoms with Gasteiger partial charge in [0.05, 0.1) is 11.0 Å². The maximum atomic E-state index is 2.39. The number of nitrogens with zero attached hydrogens (tertiary/aromatic N) is 2. The quantitative estimate of drug-likeness (QED) is 0.152. The van der Waals surface area contributed by atoms with Crippen molar-refractivity contribution in [3.05, 3.63) is 231 Å². The molecule has 0 aliphatic heterocycles. The lowest BCUT2D eigenvalue weighted by atomic mass is 9.93. The summed E-state index contributed by atoms with van der Waals surface area (Å²) in [5, 5.41) is 2.51. The third kappa shape index (κ3) is 6.14. The Hall–Kier alpha value is -7.42. The Kier molecular flexibility index (Phi) is 8.55. The van der Waals surface area contributed by atoms with E-state index in [1.54, 1.807) is 0 Å². The zero-order valence-electron chi connectivity index (χ0n) is 30.8. The van der Waals surface area contributed by atoms with Crippen molar-refractivity contribution in [2.75, 3.05) is 4.90 Å². The molecule has 2 nitrogen and oxygen atoms in total. The van der Waals surface area contributed by atoms with Crippen molar-refractivity contribution in [2.24, 2.45) is 0 Å². The van der Waals surface area contributed by atoms with Crippen LogP contribution in [0.25, 0.3) is 72.0 Å². The molecule has 0 unspecified atom stereocenters. The van der Waals surface area contributed by atoms with E-state index in [1.807, 2.05) is 0 Å². The number of aromatic nitrogens is 1. The van der Waals surface area contributed by atoms with E-state index in [4.69, 9.17) is 0 Å². The first-order valence-electron chi connectivity index (χ1n) is 19.2. The van der Waals surface area contributed by atoms with Gasteiger partial charge in [-0.05, 0) is 105 Å². The van der Waals surface area contributed by atoms with Crippen LogP contribution < -0.4 is 4.90 Å². The molecule has 264 valence electrons. The third-order valence-electron chi connectivity index (χ3n) is 10.8. The number of para-hydroxylation sites is 2. The lowest BCUT2D eigenvalue weighted by Crippen LogP contribution is -2.09. The fourth-order valence-corrected chi connectivity index (χ4v) is 8.08. The first-order valence-corrected chi connectivity index (χ1v) is 19.2. The van der Waals surface area contributed by atoms with Crippen LogP contribution in [0.15, 0.2) is 231 Å². The Morgan fingerprint density at radius 1 is 0.268 bits per heavy atom. The highest BCUT2D eigenvalue weighted by molar-refractivity contribution is 6.10. The number of anilines is 3. The highest BCUT2D eigenvalue weighted by atomic mass is 15.1. The van der Waals surface area contributed by atoms with E-state index < -0.39 is 0 Å². The summed E-state index contributed by atoms with van der Waals surface area (Å²) in [6, 6.07) is 83.0. The lowest BCUT2D eigenvalue weighted by molar-refractivity contribution is 1.18. The minimum Gasteiger partial charge on any atom is -0.311 e. The summed E-state index contributed by atoms with van der Waals surface area (Å²) in [5.41, 5.74) is 16.5. The Labute approximate surface area is 327 Å². The Morgan fingerprint density at radius 3 is 1.21 bits per heavy atom. The average Bonchev–Trinajstić information content (AvgIpc) is 3.62. The second kappa shape index (κ2) is 14.4. The van der Waals surface area contributed by atoms with E-state index in [0.717, 1.165) is 22.7 Å². The maximum Gasteiger partial charge on any atom is 0.0547 e. The molecule has 1 aromatic heterocycles. The molecular formula is C54H38N2. The molecule has 10 rings (SSSR count). The van der Waals surface area contributed by atoms with Crippen LogP contribution in [0.4, 0.5) is 17.1 Å². The predicted molar refractivity (Wildman–Crippen MR) is 237 cm³/mol. The molecule has 0 aliphatic carbocycles.